The number of hydrogen-bond donors (Lipinski definition) is 2. The SMILES string of the molecule is COC(=O)C(COC(=O)c1cccnc1)NC(=O)C(CSCCOC(C)=O)NC(C)=O. The average Bonchev–Trinajstić information content (AvgIpc) is 2.74. The van der Waals surface area contributed by atoms with Crippen molar-refractivity contribution in [3.8, 4) is 0 Å². The molecule has 0 aliphatic carbocycles. The van der Waals surface area contributed by atoms with Crippen LogP contribution >= 0.6 is 11.8 Å². The van der Waals surface area contributed by atoms with E-state index in [9.17, 15) is 24.0 Å². The van der Waals surface area contributed by atoms with Gasteiger partial charge in [0.05, 0.1) is 12.7 Å². The second-order valence-corrected chi connectivity index (χ2v) is 7.24. The van der Waals surface area contributed by atoms with Crippen molar-refractivity contribution < 1.29 is 38.2 Å². The van der Waals surface area contributed by atoms with E-state index in [2.05, 4.69) is 20.4 Å². The van der Waals surface area contributed by atoms with Crippen LogP contribution < -0.4 is 10.6 Å². The van der Waals surface area contributed by atoms with Crippen LogP contribution in [-0.4, -0.2) is 78.6 Å². The summed E-state index contributed by atoms with van der Waals surface area (Å²) in [4.78, 5) is 62.7. The number of carbonyl (C=O) groups excluding carboxylic acids is 5. The molecule has 0 radical (unpaired) electrons. The van der Waals surface area contributed by atoms with Gasteiger partial charge in [-0.05, 0) is 12.1 Å². The first-order valence-corrected chi connectivity index (χ1v) is 10.3. The van der Waals surface area contributed by atoms with Gasteiger partial charge in [0.1, 0.15) is 19.3 Å². The highest BCUT2D eigenvalue weighted by atomic mass is 32.2. The Morgan fingerprint density at radius 2 is 1.84 bits per heavy atom. The lowest BCUT2D eigenvalue weighted by Crippen LogP contribution is -2.54. The third kappa shape index (κ3) is 10.4. The van der Waals surface area contributed by atoms with E-state index in [1.807, 2.05) is 0 Å². The molecule has 1 aromatic heterocycles. The van der Waals surface area contributed by atoms with Crippen LogP contribution in [0.2, 0.25) is 0 Å². The normalized spacial score (nSPS) is 12.1. The molecular formula is C19H25N3O8S. The molecule has 2 amide bonds. The second kappa shape index (κ2) is 14.0. The standard InChI is InChI=1S/C19H25N3O8S/c1-12(23)21-16(11-31-8-7-29-13(2)24)17(25)22-15(19(27)28-3)10-30-18(26)14-5-4-6-20-9-14/h4-6,9,15-16H,7-8,10-11H2,1-3H3,(H,21,23)(H,22,25). The van der Waals surface area contributed by atoms with Crippen LogP contribution in [0, 0.1) is 0 Å². The van der Waals surface area contributed by atoms with Crippen LogP contribution in [-0.2, 0) is 33.4 Å². The van der Waals surface area contributed by atoms with Gasteiger partial charge in [-0.1, -0.05) is 0 Å². The number of methoxy groups -OCH3 is 1. The van der Waals surface area contributed by atoms with Crippen molar-refractivity contribution >= 4 is 41.5 Å². The third-order valence-corrected chi connectivity index (χ3v) is 4.62. The Bertz CT molecular complexity index is 775. The number of nitrogens with zero attached hydrogens (tertiary/aromatic N) is 1. The minimum atomic E-state index is -1.28. The van der Waals surface area contributed by atoms with Crippen LogP contribution in [0.1, 0.15) is 24.2 Å². The van der Waals surface area contributed by atoms with Crippen molar-refractivity contribution in [2.45, 2.75) is 25.9 Å². The minimum absolute atomic E-state index is 0.156. The lowest BCUT2D eigenvalue weighted by Gasteiger charge is -2.21. The van der Waals surface area contributed by atoms with Crippen LogP contribution in [0.25, 0.3) is 0 Å². The smallest absolute Gasteiger partial charge is 0.339 e. The fraction of sp³-hybridized carbons (Fsp3) is 0.474. The first-order valence-electron chi connectivity index (χ1n) is 9.18. The van der Waals surface area contributed by atoms with E-state index in [-0.39, 0.29) is 17.9 Å². The second-order valence-electron chi connectivity index (χ2n) is 6.09. The maximum atomic E-state index is 12.6. The molecule has 0 bridgehead atoms. The molecule has 2 unspecified atom stereocenters. The summed E-state index contributed by atoms with van der Waals surface area (Å²) in [5, 5.41) is 4.90. The molecule has 1 aromatic rings. The molecule has 0 fully saturated rings. The number of hydrogen-bond acceptors (Lipinski definition) is 10. The summed E-state index contributed by atoms with van der Waals surface area (Å²) in [5.74, 6) is -2.51. The Labute approximate surface area is 183 Å². The highest BCUT2D eigenvalue weighted by molar-refractivity contribution is 7.99. The average molecular weight is 455 g/mol. The van der Waals surface area contributed by atoms with Gasteiger partial charge in [0, 0.05) is 37.7 Å². The van der Waals surface area contributed by atoms with Crippen molar-refractivity contribution in [1.82, 2.24) is 15.6 Å². The van der Waals surface area contributed by atoms with Gasteiger partial charge in [-0.2, -0.15) is 11.8 Å². The number of carbonyl (C=O) groups is 5. The lowest BCUT2D eigenvalue weighted by atomic mass is 10.2. The first kappa shape index (κ1) is 25.9. The molecule has 31 heavy (non-hydrogen) atoms. The van der Waals surface area contributed by atoms with Gasteiger partial charge in [-0.25, -0.2) is 9.59 Å². The zero-order valence-electron chi connectivity index (χ0n) is 17.4. The fourth-order valence-corrected chi connectivity index (χ4v) is 3.02. The highest BCUT2D eigenvalue weighted by Gasteiger charge is 2.28. The number of amides is 2. The Hall–Kier alpha value is -3.15. The molecule has 12 heteroatoms. The largest absolute Gasteiger partial charge is 0.467 e. The number of nitrogens with one attached hydrogen (secondary N) is 2. The first-order chi connectivity index (χ1) is 14.7. The Kier molecular flexibility index (Phi) is 11.7. The molecule has 0 saturated heterocycles. The highest BCUT2D eigenvalue weighted by Crippen LogP contribution is 2.05. The maximum Gasteiger partial charge on any atom is 0.339 e. The molecule has 2 atom stereocenters. The zero-order valence-corrected chi connectivity index (χ0v) is 18.2. The molecular weight excluding hydrogens is 430 g/mol. The van der Waals surface area contributed by atoms with Crippen molar-refractivity contribution in [2.24, 2.45) is 0 Å². The van der Waals surface area contributed by atoms with Gasteiger partial charge in [0.25, 0.3) is 0 Å². The molecule has 0 saturated carbocycles. The summed E-state index contributed by atoms with van der Waals surface area (Å²) in [6.07, 6.45) is 2.79. The molecule has 0 spiro atoms. The predicted molar refractivity (Wildman–Crippen MR) is 110 cm³/mol. The molecule has 2 N–H and O–H groups in total. The summed E-state index contributed by atoms with van der Waals surface area (Å²) in [7, 11) is 1.13. The van der Waals surface area contributed by atoms with Gasteiger partial charge in [-0.15, -0.1) is 0 Å². The van der Waals surface area contributed by atoms with Crippen LogP contribution in [0.5, 0.6) is 0 Å². The van der Waals surface area contributed by atoms with E-state index in [4.69, 9.17) is 9.47 Å². The van der Waals surface area contributed by atoms with Crippen molar-refractivity contribution in [3.05, 3.63) is 30.1 Å². The van der Waals surface area contributed by atoms with Gasteiger partial charge in [0.15, 0.2) is 6.04 Å². The van der Waals surface area contributed by atoms with Crippen molar-refractivity contribution in [1.29, 1.82) is 0 Å². The van der Waals surface area contributed by atoms with E-state index in [1.54, 1.807) is 6.07 Å². The summed E-state index contributed by atoms with van der Waals surface area (Å²) < 4.78 is 14.5. The number of thioether (sulfide) groups is 1. The quantitative estimate of drug-likeness (QED) is 0.244. The zero-order chi connectivity index (χ0) is 23.2. The number of rotatable bonds is 12. The summed E-state index contributed by atoms with van der Waals surface area (Å²) in [6, 6.07) is 0.787. The van der Waals surface area contributed by atoms with E-state index < -0.39 is 48.4 Å². The molecule has 0 aliphatic heterocycles. The summed E-state index contributed by atoms with van der Waals surface area (Å²) >= 11 is 1.27. The summed E-state index contributed by atoms with van der Waals surface area (Å²) in [6.45, 7) is 2.21. The summed E-state index contributed by atoms with van der Waals surface area (Å²) in [5.41, 5.74) is 0.178. The van der Waals surface area contributed by atoms with Gasteiger partial charge < -0.3 is 24.8 Å². The number of esters is 3. The Morgan fingerprint density at radius 3 is 2.42 bits per heavy atom. The number of ether oxygens (including phenoxy) is 3. The molecule has 1 heterocycles. The van der Waals surface area contributed by atoms with E-state index >= 15 is 0 Å². The van der Waals surface area contributed by atoms with E-state index in [1.165, 1.54) is 44.1 Å². The van der Waals surface area contributed by atoms with Crippen LogP contribution in [0.4, 0.5) is 0 Å². The minimum Gasteiger partial charge on any atom is -0.467 e. The predicted octanol–water partition coefficient (Wildman–Crippen LogP) is -0.303. The van der Waals surface area contributed by atoms with Gasteiger partial charge >= 0.3 is 17.9 Å². The van der Waals surface area contributed by atoms with E-state index in [0.29, 0.717) is 5.75 Å². The monoisotopic (exact) mass is 455 g/mol. The van der Waals surface area contributed by atoms with Crippen molar-refractivity contribution in [2.75, 3.05) is 31.8 Å². The topological polar surface area (TPSA) is 150 Å². The Morgan fingerprint density at radius 1 is 1.10 bits per heavy atom. The van der Waals surface area contributed by atoms with Crippen LogP contribution in [0.15, 0.2) is 24.5 Å². The van der Waals surface area contributed by atoms with E-state index in [0.717, 1.165) is 7.11 Å². The van der Waals surface area contributed by atoms with Crippen LogP contribution in [0.3, 0.4) is 0 Å². The molecule has 0 aliphatic rings. The number of aromatic nitrogens is 1. The third-order valence-electron chi connectivity index (χ3n) is 3.59. The maximum absolute atomic E-state index is 12.6. The molecule has 170 valence electrons. The number of pyridine rings is 1. The van der Waals surface area contributed by atoms with Gasteiger partial charge in [0.2, 0.25) is 11.8 Å². The molecule has 1 rings (SSSR count). The Balaban J connectivity index is 2.69. The van der Waals surface area contributed by atoms with Crippen molar-refractivity contribution in [3.63, 3.8) is 0 Å². The molecule has 0 aromatic carbocycles. The fourth-order valence-electron chi connectivity index (χ4n) is 2.18. The lowest BCUT2D eigenvalue weighted by molar-refractivity contribution is -0.146. The molecule has 11 nitrogen and oxygen atoms in total. The van der Waals surface area contributed by atoms with Gasteiger partial charge in [-0.3, -0.25) is 19.4 Å².